The third-order valence-electron chi connectivity index (χ3n) is 1.81. The predicted octanol–water partition coefficient (Wildman–Crippen LogP) is 2.33. The average molecular weight is 267 g/mol. The van der Waals surface area contributed by atoms with Crippen molar-refractivity contribution in [3.63, 3.8) is 0 Å². The molecule has 0 radical (unpaired) electrons. The molecular weight excluding hydrogens is 263 g/mol. The molecular formula is C8H4F3NO2S2. The summed E-state index contributed by atoms with van der Waals surface area (Å²) in [5.41, 5.74) is -4.58. The van der Waals surface area contributed by atoms with Crippen LogP contribution in [0.1, 0.15) is 10.4 Å². The molecule has 1 aromatic rings. The van der Waals surface area contributed by atoms with Crippen LogP contribution < -0.4 is 0 Å². The minimum absolute atomic E-state index is 0.0533. The summed E-state index contributed by atoms with van der Waals surface area (Å²) < 4.78 is 48.2. The smallest absolute Gasteiger partial charge is 0.267 e. The van der Waals surface area contributed by atoms with E-state index < -0.39 is 34.3 Å². The number of fused-ring (bicyclic) bond motifs is 1. The molecule has 0 spiro atoms. The molecule has 0 N–H and O–H groups in total. The van der Waals surface area contributed by atoms with Gasteiger partial charge in [-0.2, -0.15) is 16.9 Å². The highest BCUT2D eigenvalue weighted by Crippen LogP contribution is 2.40. The number of alkyl halides is 3. The Hall–Kier alpha value is -1.02. The zero-order valence-electron chi connectivity index (χ0n) is 7.52. The summed E-state index contributed by atoms with van der Waals surface area (Å²) in [6, 6.07) is 5.76. The van der Waals surface area contributed by atoms with E-state index >= 15 is 0 Å². The van der Waals surface area contributed by atoms with E-state index in [0.717, 1.165) is 0 Å². The molecule has 1 heterocycles. The maximum absolute atomic E-state index is 12.1. The minimum Gasteiger partial charge on any atom is -0.267 e. The zero-order chi connectivity index (χ0) is 11.9. The maximum Gasteiger partial charge on any atom is 0.462 e. The molecule has 1 atom stereocenters. The summed E-state index contributed by atoms with van der Waals surface area (Å²) in [4.78, 5) is 11.6. The number of amides is 1. The third-order valence-corrected chi connectivity index (χ3v) is 4.18. The fraction of sp³-hybridized carbons (Fsp3) is 0.125. The fourth-order valence-corrected chi connectivity index (χ4v) is 3.33. The molecule has 2 rings (SSSR count). The summed E-state index contributed by atoms with van der Waals surface area (Å²) in [5, 5.41) is 0. The topological polar surface area (TPSA) is 37.4 Å². The normalized spacial score (nSPS) is 20.1. The highest BCUT2D eigenvalue weighted by Gasteiger charge is 2.43. The van der Waals surface area contributed by atoms with E-state index in [2.05, 4.69) is 0 Å². The Morgan fingerprint density at radius 3 is 2.44 bits per heavy atom. The van der Waals surface area contributed by atoms with E-state index in [0.29, 0.717) is 0 Å². The summed E-state index contributed by atoms with van der Waals surface area (Å²) in [5.74, 6) is -0.878. The van der Waals surface area contributed by atoms with Crippen LogP contribution in [0.3, 0.4) is 0 Å². The number of nitrogens with zero attached hydrogens (tertiary/aromatic N) is 1. The number of halogens is 3. The predicted molar refractivity (Wildman–Crippen MR) is 52.7 cm³/mol. The van der Waals surface area contributed by atoms with Crippen molar-refractivity contribution in [2.45, 2.75) is 10.4 Å². The number of hydrogen-bond donors (Lipinski definition) is 0. The van der Waals surface area contributed by atoms with Crippen LogP contribution in [-0.2, 0) is 11.0 Å². The van der Waals surface area contributed by atoms with Crippen LogP contribution in [0.5, 0.6) is 0 Å². The van der Waals surface area contributed by atoms with Gasteiger partial charge in [0.1, 0.15) is 0 Å². The Balaban J connectivity index is 2.36. The van der Waals surface area contributed by atoms with Crippen molar-refractivity contribution in [2.75, 3.05) is 0 Å². The summed E-state index contributed by atoms with van der Waals surface area (Å²) >= 11 is -0.679. The van der Waals surface area contributed by atoms with Gasteiger partial charge in [-0.25, -0.2) is 4.21 Å². The first-order valence-electron chi connectivity index (χ1n) is 4.01. The minimum atomic E-state index is -4.63. The number of benzene rings is 1. The van der Waals surface area contributed by atoms with Crippen LogP contribution in [0.15, 0.2) is 29.2 Å². The largest absolute Gasteiger partial charge is 0.462 e. The summed E-state index contributed by atoms with van der Waals surface area (Å²) in [6.45, 7) is 0. The van der Waals surface area contributed by atoms with Gasteiger partial charge < -0.3 is 0 Å². The van der Waals surface area contributed by atoms with E-state index in [1.54, 1.807) is 0 Å². The van der Waals surface area contributed by atoms with Gasteiger partial charge in [-0.3, -0.25) is 4.79 Å². The van der Waals surface area contributed by atoms with Gasteiger partial charge in [0.15, 0.2) is 11.0 Å². The molecule has 8 heteroatoms. The highest BCUT2D eigenvalue weighted by molar-refractivity contribution is 8.08. The second-order valence-corrected chi connectivity index (χ2v) is 5.39. The van der Waals surface area contributed by atoms with Gasteiger partial charge in [0.25, 0.3) is 5.91 Å². The zero-order valence-corrected chi connectivity index (χ0v) is 9.16. The van der Waals surface area contributed by atoms with Crippen LogP contribution in [0, 0.1) is 0 Å². The molecule has 0 saturated carbocycles. The molecule has 0 bridgehead atoms. The van der Waals surface area contributed by atoms with Gasteiger partial charge in [-0.15, -0.1) is 0 Å². The molecule has 16 heavy (non-hydrogen) atoms. The SMILES string of the molecule is O=C1c2ccccc2S(=O)N1SC(F)(F)F. The van der Waals surface area contributed by atoms with Crippen LogP contribution in [0.2, 0.25) is 0 Å². The molecule has 3 nitrogen and oxygen atoms in total. The average Bonchev–Trinajstić information content (AvgIpc) is 2.43. The highest BCUT2D eigenvalue weighted by atomic mass is 32.2. The third kappa shape index (κ3) is 1.94. The van der Waals surface area contributed by atoms with Crippen LogP contribution in [-0.4, -0.2) is 19.3 Å². The Bertz CT molecular complexity index is 440. The van der Waals surface area contributed by atoms with Gasteiger partial charge in [0.05, 0.1) is 22.4 Å². The van der Waals surface area contributed by atoms with Crippen molar-refractivity contribution in [3.05, 3.63) is 29.8 Å². The quantitative estimate of drug-likeness (QED) is 0.733. The van der Waals surface area contributed by atoms with Crippen LogP contribution in [0.25, 0.3) is 0 Å². The molecule has 86 valence electrons. The number of hydrogen-bond acceptors (Lipinski definition) is 3. The van der Waals surface area contributed by atoms with Crippen LogP contribution in [0.4, 0.5) is 13.2 Å². The molecule has 0 aromatic heterocycles. The first-order valence-corrected chi connectivity index (χ1v) is 5.89. The lowest BCUT2D eigenvalue weighted by Gasteiger charge is -2.13. The standard InChI is InChI=1S/C8H4F3NO2S2/c9-8(10,11)15-12-7(13)5-3-1-2-4-6(5)16(12)14/h1-4H. The second kappa shape index (κ2) is 3.77. The molecule has 0 aliphatic carbocycles. The molecule has 1 aromatic carbocycles. The van der Waals surface area contributed by atoms with Crippen LogP contribution >= 0.6 is 11.9 Å². The molecule has 0 fully saturated rings. The Labute approximate surface area is 95.3 Å². The lowest BCUT2D eigenvalue weighted by atomic mass is 10.2. The fourth-order valence-electron chi connectivity index (χ4n) is 1.23. The van der Waals surface area contributed by atoms with Crippen molar-refractivity contribution < 1.29 is 22.2 Å². The second-order valence-electron chi connectivity index (χ2n) is 2.84. The van der Waals surface area contributed by atoms with E-state index in [4.69, 9.17) is 0 Å². The number of rotatable bonds is 1. The first kappa shape index (κ1) is 11.5. The first-order chi connectivity index (χ1) is 7.40. The molecule has 1 aliphatic heterocycles. The van der Waals surface area contributed by atoms with E-state index in [1.165, 1.54) is 24.3 Å². The van der Waals surface area contributed by atoms with Gasteiger partial charge in [-0.05, 0) is 12.1 Å². The van der Waals surface area contributed by atoms with E-state index in [9.17, 15) is 22.2 Å². The number of carbonyl (C=O) groups excluding carboxylic acids is 1. The Morgan fingerprint density at radius 1 is 1.25 bits per heavy atom. The van der Waals surface area contributed by atoms with Gasteiger partial charge in [0.2, 0.25) is 0 Å². The maximum atomic E-state index is 12.1. The van der Waals surface area contributed by atoms with Gasteiger partial charge in [0, 0.05) is 0 Å². The van der Waals surface area contributed by atoms with E-state index in [1.807, 2.05) is 0 Å². The molecule has 0 saturated heterocycles. The summed E-state index contributed by atoms with van der Waals surface area (Å²) in [6.07, 6.45) is 0. The molecule has 1 amide bonds. The summed E-state index contributed by atoms with van der Waals surface area (Å²) in [7, 11) is -2.09. The molecule has 1 unspecified atom stereocenters. The number of carbonyl (C=O) groups is 1. The van der Waals surface area contributed by atoms with Crippen molar-refractivity contribution in [2.24, 2.45) is 0 Å². The van der Waals surface area contributed by atoms with Crippen molar-refractivity contribution in [1.82, 2.24) is 3.71 Å². The van der Waals surface area contributed by atoms with Crippen molar-refractivity contribution >= 4 is 28.8 Å². The lowest BCUT2D eigenvalue weighted by molar-refractivity contribution is -0.0347. The Morgan fingerprint density at radius 2 is 1.88 bits per heavy atom. The lowest BCUT2D eigenvalue weighted by Crippen LogP contribution is -2.23. The van der Waals surface area contributed by atoms with Crippen molar-refractivity contribution in [3.8, 4) is 0 Å². The van der Waals surface area contributed by atoms with E-state index in [-0.39, 0.29) is 14.2 Å². The molecule has 1 aliphatic rings. The van der Waals surface area contributed by atoms with Gasteiger partial charge >= 0.3 is 5.51 Å². The monoisotopic (exact) mass is 267 g/mol. The van der Waals surface area contributed by atoms with Gasteiger partial charge in [-0.1, -0.05) is 12.1 Å². The van der Waals surface area contributed by atoms with Crippen molar-refractivity contribution in [1.29, 1.82) is 0 Å². The Kier molecular flexibility index (Phi) is 2.70.